The summed E-state index contributed by atoms with van der Waals surface area (Å²) in [7, 11) is 0. The summed E-state index contributed by atoms with van der Waals surface area (Å²) < 4.78 is 0. The van der Waals surface area contributed by atoms with Gasteiger partial charge in [-0.15, -0.1) is 0 Å². The Bertz CT molecular complexity index is 421. The van der Waals surface area contributed by atoms with Crippen LogP contribution in [0.15, 0.2) is 24.3 Å². The Morgan fingerprint density at radius 2 is 2.10 bits per heavy atom. The molecule has 1 aromatic carbocycles. The van der Waals surface area contributed by atoms with Gasteiger partial charge in [0.05, 0.1) is 6.10 Å². The van der Waals surface area contributed by atoms with Gasteiger partial charge in [-0.2, -0.15) is 0 Å². The summed E-state index contributed by atoms with van der Waals surface area (Å²) in [4.78, 5) is 2.44. The molecule has 0 saturated carbocycles. The Balaban J connectivity index is 2.23. The number of piperidine rings is 1. The molecule has 1 aliphatic rings. The highest BCUT2D eigenvalue weighted by Gasteiger charge is 2.26. The number of nitrogens with one attached hydrogen (secondary N) is 1. The van der Waals surface area contributed by atoms with E-state index in [9.17, 15) is 5.11 Å². The van der Waals surface area contributed by atoms with E-state index in [-0.39, 0.29) is 6.10 Å². The van der Waals surface area contributed by atoms with E-state index in [1.165, 1.54) is 11.3 Å². The van der Waals surface area contributed by atoms with Crippen molar-refractivity contribution in [1.29, 1.82) is 0 Å². The molecule has 0 aliphatic carbocycles. The Morgan fingerprint density at radius 3 is 2.75 bits per heavy atom. The highest BCUT2D eigenvalue weighted by Crippen LogP contribution is 2.31. The van der Waals surface area contributed by atoms with Gasteiger partial charge in [0.15, 0.2) is 0 Å². The number of rotatable bonds is 5. The Kier molecular flexibility index (Phi) is 5.44. The van der Waals surface area contributed by atoms with Crippen LogP contribution in [-0.4, -0.2) is 30.8 Å². The molecule has 112 valence electrons. The number of aliphatic hydroxyl groups excluding tert-OH is 1. The van der Waals surface area contributed by atoms with Crippen LogP contribution in [0.5, 0.6) is 0 Å². The summed E-state index contributed by atoms with van der Waals surface area (Å²) in [6.07, 6.45) is 1.82. The summed E-state index contributed by atoms with van der Waals surface area (Å²) in [5.74, 6) is 0.344. The van der Waals surface area contributed by atoms with E-state index >= 15 is 0 Å². The van der Waals surface area contributed by atoms with E-state index in [1.54, 1.807) is 0 Å². The summed E-state index contributed by atoms with van der Waals surface area (Å²) in [5, 5.41) is 13.5. The van der Waals surface area contributed by atoms with Crippen LogP contribution < -0.4 is 10.2 Å². The minimum Gasteiger partial charge on any atom is -0.393 e. The zero-order valence-corrected chi connectivity index (χ0v) is 13.0. The fourth-order valence-electron chi connectivity index (χ4n) is 3.14. The lowest BCUT2D eigenvalue weighted by Crippen LogP contribution is -2.42. The summed E-state index contributed by atoms with van der Waals surface area (Å²) in [6, 6.07) is 9.12. The zero-order chi connectivity index (χ0) is 14.5. The summed E-state index contributed by atoms with van der Waals surface area (Å²) in [6.45, 7) is 9.41. The van der Waals surface area contributed by atoms with E-state index in [0.717, 1.165) is 32.5 Å². The molecule has 0 spiro atoms. The smallest absolute Gasteiger partial charge is 0.0599 e. The number of aliphatic hydroxyl groups is 1. The van der Waals surface area contributed by atoms with Crippen molar-refractivity contribution in [2.45, 2.75) is 45.8 Å². The van der Waals surface area contributed by atoms with Gasteiger partial charge in [0.2, 0.25) is 0 Å². The zero-order valence-electron chi connectivity index (χ0n) is 13.0. The first-order valence-corrected chi connectivity index (χ1v) is 7.92. The molecule has 2 rings (SSSR count). The lowest BCUT2D eigenvalue weighted by molar-refractivity contribution is 0.0970. The molecule has 20 heavy (non-hydrogen) atoms. The molecule has 3 unspecified atom stereocenters. The third kappa shape index (κ3) is 3.33. The van der Waals surface area contributed by atoms with Gasteiger partial charge in [0.25, 0.3) is 0 Å². The first-order valence-electron chi connectivity index (χ1n) is 7.92. The fourth-order valence-corrected chi connectivity index (χ4v) is 3.14. The maximum absolute atomic E-state index is 9.91. The summed E-state index contributed by atoms with van der Waals surface area (Å²) in [5.41, 5.74) is 2.72. The number of para-hydroxylation sites is 1. The van der Waals surface area contributed by atoms with E-state index in [4.69, 9.17) is 0 Å². The van der Waals surface area contributed by atoms with Gasteiger partial charge in [-0.3, -0.25) is 0 Å². The number of hydrogen-bond donors (Lipinski definition) is 2. The molecule has 1 fully saturated rings. The molecule has 3 atom stereocenters. The third-order valence-electron chi connectivity index (χ3n) is 4.37. The standard InChI is InChI=1S/C17H28N2O/c1-4-15(18-5-2)14-8-6-7-9-16(14)19-11-10-17(20)13(3)12-19/h6-9,13,15,17-18,20H,4-5,10-12H2,1-3H3. The monoisotopic (exact) mass is 276 g/mol. The van der Waals surface area contributed by atoms with Gasteiger partial charge in [-0.05, 0) is 36.9 Å². The SMILES string of the molecule is CCNC(CC)c1ccccc1N1CCC(O)C(C)C1. The number of benzene rings is 1. The molecule has 0 amide bonds. The van der Waals surface area contributed by atoms with Crippen molar-refractivity contribution in [1.82, 2.24) is 5.32 Å². The van der Waals surface area contributed by atoms with Crippen LogP contribution >= 0.6 is 0 Å². The average molecular weight is 276 g/mol. The second-order valence-corrected chi connectivity index (χ2v) is 5.86. The van der Waals surface area contributed by atoms with Crippen molar-refractivity contribution >= 4 is 5.69 Å². The maximum Gasteiger partial charge on any atom is 0.0599 e. The summed E-state index contributed by atoms with van der Waals surface area (Å²) >= 11 is 0. The van der Waals surface area contributed by atoms with Crippen LogP contribution in [0.25, 0.3) is 0 Å². The molecule has 1 saturated heterocycles. The van der Waals surface area contributed by atoms with Crippen LogP contribution in [0.3, 0.4) is 0 Å². The average Bonchev–Trinajstić information content (AvgIpc) is 2.48. The van der Waals surface area contributed by atoms with E-state index in [1.807, 2.05) is 0 Å². The number of anilines is 1. The molecule has 1 aliphatic heterocycles. The Labute approximate surface area is 123 Å². The van der Waals surface area contributed by atoms with E-state index < -0.39 is 0 Å². The molecule has 1 aromatic rings. The van der Waals surface area contributed by atoms with Gasteiger partial charge >= 0.3 is 0 Å². The van der Waals surface area contributed by atoms with Crippen LogP contribution in [0.4, 0.5) is 5.69 Å². The van der Waals surface area contributed by atoms with Crippen LogP contribution in [0.2, 0.25) is 0 Å². The van der Waals surface area contributed by atoms with Crippen molar-refractivity contribution in [3.63, 3.8) is 0 Å². The Hall–Kier alpha value is -1.06. The molecule has 0 aromatic heterocycles. The molecule has 3 nitrogen and oxygen atoms in total. The second-order valence-electron chi connectivity index (χ2n) is 5.86. The first kappa shape index (κ1) is 15.3. The molecule has 0 bridgehead atoms. The molecular formula is C17H28N2O. The lowest BCUT2D eigenvalue weighted by Gasteiger charge is -2.38. The largest absolute Gasteiger partial charge is 0.393 e. The molecule has 2 N–H and O–H groups in total. The number of nitrogens with zero attached hydrogens (tertiary/aromatic N) is 1. The predicted molar refractivity (Wildman–Crippen MR) is 85.2 cm³/mol. The van der Waals surface area contributed by atoms with Gasteiger partial charge < -0.3 is 15.3 Å². The lowest BCUT2D eigenvalue weighted by atomic mass is 9.94. The molecular weight excluding hydrogens is 248 g/mol. The molecule has 3 heteroatoms. The Morgan fingerprint density at radius 1 is 1.35 bits per heavy atom. The topological polar surface area (TPSA) is 35.5 Å². The van der Waals surface area contributed by atoms with E-state index in [2.05, 4.69) is 55.3 Å². The molecule has 0 radical (unpaired) electrons. The number of hydrogen-bond acceptors (Lipinski definition) is 3. The van der Waals surface area contributed by atoms with Gasteiger partial charge in [-0.1, -0.05) is 39.0 Å². The maximum atomic E-state index is 9.91. The third-order valence-corrected chi connectivity index (χ3v) is 4.37. The minimum absolute atomic E-state index is 0.144. The first-order chi connectivity index (χ1) is 9.67. The van der Waals surface area contributed by atoms with Crippen LogP contribution in [-0.2, 0) is 0 Å². The van der Waals surface area contributed by atoms with Crippen molar-refractivity contribution in [2.24, 2.45) is 5.92 Å². The van der Waals surface area contributed by atoms with Gasteiger partial charge in [0.1, 0.15) is 0 Å². The van der Waals surface area contributed by atoms with Crippen molar-refractivity contribution in [2.75, 3.05) is 24.5 Å². The quantitative estimate of drug-likeness (QED) is 0.868. The van der Waals surface area contributed by atoms with Crippen LogP contribution in [0.1, 0.15) is 45.2 Å². The van der Waals surface area contributed by atoms with Crippen LogP contribution in [0, 0.1) is 5.92 Å². The van der Waals surface area contributed by atoms with Gasteiger partial charge in [0, 0.05) is 24.8 Å². The highest BCUT2D eigenvalue weighted by molar-refractivity contribution is 5.55. The van der Waals surface area contributed by atoms with Gasteiger partial charge in [-0.25, -0.2) is 0 Å². The second kappa shape index (κ2) is 7.09. The van der Waals surface area contributed by atoms with Crippen molar-refractivity contribution in [3.8, 4) is 0 Å². The minimum atomic E-state index is -0.144. The van der Waals surface area contributed by atoms with Crippen molar-refractivity contribution < 1.29 is 5.11 Å². The predicted octanol–water partition coefficient (Wildman–Crippen LogP) is 2.95. The fraction of sp³-hybridized carbons (Fsp3) is 0.647. The molecule has 1 heterocycles. The highest BCUT2D eigenvalue weighted by atomic mass is 16.3. The van der Waals surface area contributed by atoms with Crippen molar-refractivity contribution in [3.05, 3.63) is 29.8 Å². The van der Waals surface area contributed by atoms with E-state index in [0.29, 0.717) is 12.0 Å². The normalized spacial score (nSPS) is 24.7.